The Kier molecular flexibility index (Phi) is 1.04. The van der Waals surface area contributed by atoms with Gasteiger partial charge in [-0.2, -0.15) is 0 Å². The van der Waals surface area contributed by atoms with Gasteiger partial charge in [-0.05, 0) is 32.3 Å². The first-order chi connectivity index (χ1) is 4.77. The van der Waals surface area contributed by atoms with Crippen molar-refractivity contribution in [3.8, 4) is 0 Å². The van der Waals surface area contributed by atoms with Crippen molar-refractivity contribution in [3.05, 3.63) is 22.8 Å². The zero-order chi connectivity index (χ0) is 7.14. The van der Waals surface area contributed by atoms with Crippen molar-refractivity contribution in [1.29, 1.82) is 0 Å². The van der Waals surface area contributed by atoms with Gasteiger partial charge in [0, 0.05) is 11.4 Å². The predicted octanol–water partition coefficient (Wildman–Crippen LogP) is 1.19. The first-order valence-electron chi connectivity index (χ1n) is 3.60. The molecular formula is C8H10N2. The Morgan fingerprint density at radius 1 is 1.10 bits per heavy atom. The summed E-state index contributed by atoms with van der Waals surface area (Å²) >= 11 is 0. The fraction of sp³-hybridized carbons (Fsp3) is 0.500. The maximum Gasteiger partial charge on any atom is 0.125 e. The van der Waals surface area contributed by atoms with Gasteiger partial charge in [0.2, 0.25) is 0 Å². The maximum atomic E-state index is 4.31. The molecule has 0 spiro atoms. The van der Waals surface area contributed by atoms with Crippen molar-refractivity contribution in [2.75, 3.05) is 0 Å². The van der Waals surface area contributed by atoms with Crippen molar-refractivity contribution >= 4 is 0 Å². The molecule has 2 rings (SSSR count). The van der Waals surface area contributed by atoms with Gasteiger partial charge in [0.15, 0.2) is 0 Å². The standard InChI is InChI=1S/C8H10N2/c1-5-7-3-4-8(7)10-6(2)9-5/h3-4H2,1-2H3. The fourth-order valence-corrected chi connectivity index (χ4v) is 1.41. The molecule has 1 aliphatic rings. The van der Waals surface area contributed by atoms with E-state index in [1.54, 1.807) is 0 Å². The van der Waals surface area contributed by atoms with E-state index in [9.17, 15) is 0 Å². The molecule has 1 heterocycles. The second kappa shape index (κ2) is 1.78. The summed E-state index contributed by atoms with van der Waals surface area (Å²) in [5.41, 5.74) is 3.82. The van der Waals surface area contributed by atoms with E-state index in [2.05, 4.69) is 16.9 Å². The number of nitrogens with zero attached hydrogens (tertiary/aromatic N) is 2. The topological polar surface area (TPSA) is 25.8 Å². The Hall–Kier alpha value is -0.920. The highest BCUT2D eigenvalue weighted by Crippen LogP contribution is 2.22. The van der Waals surface area contributed by atoms with Crippen LogP contribution in [0, 0.1) is 13.8 Å². The van der Waals surface area contributed by atoms with Gasteiger partial charge in [-0.15, -0.1) is 0 Å². The minimum Gasteiger partial charge on any atom is -0.238 e. The van der Waals surface area contributed by atoms with Gasteiger partial charge in [-0.25, -0.2) is 9.97 Å². The Morgan fingerprint density at radius 3 is 2.40 bits per heavy atom. The second-order valence-corrected chi connectivity index (χ2v) is 2.78. The Balaban J connectivity index is 2.63. The van der Waals surface area contributed by atoms with Crippen molar-refractivity contribution in [2.24, 2.45) is 0 Å². The first kappa shape index (κ1) is 5.83. The van der Waals surface area contributed by atoms with E-state index in [0.29, 0.717) is 0 Å². The van der Waals surface area contributed by atoms with Gasteiger partial charge < -0.3 is 0 Å². The molecule has 52 valence electrons. The van der Waals surface area contributed by atoms with Crippen molar-refractivity contribution in [2.45, 2.75) is 26.7 Å². The lowest BCUT2D eigenvalue weighted by Gasteiger charge is -2.18. The van der Waals surface area contributed by atoms with Crippen LogP contribution >= 0.6 is 0 Å². The lowest BCUT2D eigenvalue weighted by Crippen LogP contribution is -2.15. The zero-order valence-corrected chi connectivity index (χ0v) is 6.31. The van der Waals surface area contributed by atoms with Crippen LogP contribution in [0.4, 0.5) is 0 Å². The average Bonchev–Trinajstić information content (AvgIpc) is 1.77. The van der Waals surface area contributed by atoms with Crippen molar-refractivity contribution in [3.63, 3.8) is 0 Å². The third-order valence-corrected chi connectivity index (χ3v) is 2.02. The number of rotatable bonds is 0. The molecule has 0 saturated heterocycles. The van der Waals surface area contributed by atoms with E-state index < -0.39 is 0 Å². The van der Waals surface area contributed by atoms with E-state index in [1.807, 2.05) is 6.92 Å². The quantitative estimate of drug-likeness (QED) is 0.532. The average molecular weight is 134 g/mol. The van der Waals surface area contributed by atoms with Crippen LogP contribution in [-0.2, 0) is 12.8 Å². The molecule has 0 aromatic carbocycles. The summed E-state index contributed by atoms with van der Waals surface area (Å²) in [5.74, 6) is 0.913. The molecule has 0 saturated carbocycles. The summed E-state index contributed by atoms with van der Waals surface area (Å²) in [7, 11) is 0. The van der Waals surface area contributed by atoms with Crippen molar-refractivity contribution in [1.82, 2.24) is 9.97 Å². The van der Waals surface area contributed by atoms with E-state index in [4.69, 9.17) is 0 Å². The molecule has 0 aliphatic heterocycles. The molecule has 0 amide bonds. The lowest BCUT2D eigenvalue weighted by atomic mass is 9.93. The Labute approximate surface area is 60.3 Å². The molecule has 1 aromatic rings. The van der Waals surface area contributed by atoms with Gasteiger partial charge >= 0.3 is 0 Å². The van der Waals surface area contributed by atoms with E-state index in [0.717, 1.165) is 12.2 Å². The summed E-state index contributed by atoms with van der Waals surface area (Å²) in [5, 5.41) is 0. The SMILES string of the molecule is Cc1nc(C)c2c(n1)CC2. The van der Waals surface area contributed by atoms with E-state index in [-0.39, 0.29) is 0 Å². The lowest BCUT2D eigenvalue weighted by molar-refractivity contribution is 0.741. The normalized spacial score (nSPS) is 14.2. The van der Waals surface area contributed by atoms with Crippen LogP contribution in [0.3, 0.4) is 0 Å². The molecule has 2 heteroatoms. The molecule has 1 aliphatic carbocycles. The molecule has 1 aromatic heterocycles. The van der Waals surface area contributed by atoms with Crippen LogP contribution in [0.15, 0.2) is 0 Å². The van der Waals surface area contributed by atoms with Gasteiger partial charge in [0.1, 0.15) is 5.82 Å². The van der Waals surface area contributed by atoms with Crippen molar-refractivity contribution < 1.29 is 0 Å². The maximum absolute atomic E-state index is 4.31. The van der Waals surface area contributed by atoms with E-state index >= 15 is 0 Å². The number of aryl methyl sites for hydroxylation is 3. The van der Waals surface area contributed by atoms with Crippen LogP contribution in [0.5, 0.6) is 0 Å². The third-order valence-electron chi connectivity index (χ3n) is 2.02. The number of hydrogen-bond acceptors (Lipinski definition) is 2. The molecule has 2 nitrogen and oxygen atoms in total. The summed E-state index contributed by atoms with van der Waals surface area (Å²) in [4.78, 5) is 8.58. The molecule has 0 N–H and O–H groups in total. The molecule has 0 radical (unpaired) electrons. The smallest absolute Gasteiger partial charge is 0.125 e. The van der Waals surface area contributed by atoms with Crippen LogP contribution in [0.1, 0.15) is 22.8 Å². The van der Waals surface area contributed by atoms with Gasteiger partial charge in [-0.3, -0.25) is 0 Å². The molecular weight excluding hydrogens is 124 g/mol. The highest BCUT2D eigenvalue weighted by molar-refractivity contribution is 5.32. The molecule has 10 heavy (non-hydrogen) atoms. The Bertz CT molecular complexity index is 262. The molecule has 0 unspecified atom stereocenters. The largest absolute Gasteiger partial charge is 0.238 e. The summed E-state index contributed by atoms with van der Waals surface area (Å²) in [6.45, 7) is 4.01. The number of aromatic nitrogens is 2. The summed E-state index contributed by atoms with van der Waals surface area (Å²) in [6, 6.07) is 0. The molecule has 0 atom stereocenters. The minimum absolute atomic E-state index is 0.913. The third kappa shape index (κ3) is 0.649. The first-order valence-corrected chi connectivity index (χ1v) is 3.60. The van der Waals surface area contributed by atoms with Gasteiger partial charge in [-0.1, -0.05) is 0 Å². The summed E-state index contributed by atoms with van der Waals surface area (Å²) in [6.07, 6.45) is 2.33. The molecule has 0 bridgehead atoms. The minimum atomic E-state index is 0.913. The molecule has 0 fully saturated rings. The van der Waals surface area contributed by atoms with Gasteiger partial charge in [0.05, 0.1) is 0 Å². The number of fused-ring (bicyclic) bond motifs is 1. The number of hydrogen-bond donors (Lipinski definition) is 0. The highest BCUT2D eigenvalue weighted by Gasteiger charge is 2.17. The Morgan fingerprint density at radius 2 is 1.90 bits per heavy atom. The van der Waals surface area contributed by atoms with E-state index in [1.165, 1.54) is 23.4 Å². The van der Waals surface area contributed by atoms with Crippen LogP contribution in [0.25, 0.3) is 0 Å². The predicted molar refractivity (Wildman–Crippen MR) is 38.9 cm³/mol. The second-order valence-electron chi connectivity index (χ2n) is 2.78. The zero-order valence-electron chi connectivity index (χ0n) is 6.31. The van der Waals surface area contributed by atoms with Gasteiger partial charge in [0.25, 0.3) is 0 Å². The van der Waals surface area contributed by atoms with Crippen LogP contribution in [-0.4, -0.2) is 9.97 Å². The summed E-state index contributed by atoms with van der Waals surface area (Å²) < 4.78 is 0. The fourth-order valence-electron chi connectivity index (χ4n) is 1.41. The monoisotopic (exact) mass is 134 g/mol. The highest BCUT2D eigenvalue weighted by atomic mass is 14.9. The van der Waals surface area contributed by atoms with Crippen LogP contribution in [0.2, 0.25) is 0 Å². The van der Waals surface area contributed by atoms with Crippen LogP contribution < -0.4 is 0 Å².